The van der Waals surface area contributed by atoms with Crippen molar-refractivity contribution in [1.29, 1.82) is 0 Å². The fourth-order valence-electron chi connectivity index (χ4n) is 1.47. The summed E-state index contributed by atoms with van der Waals surface area (Å²) in [5.41, 5.74) is 0.922. The average Bonchev–Trinajstić information content (AvgIpc) is 2.41. The third-order valence-corrected chi connectivity index (χ3v) is 4.24. The minimum Gasteiger partial charge on any atom is -0.321 e. The van der Waals surface area contributed by atoms with Crippen LogP contribution < -0.4 is 10.5 Å². The molecule has 0 aliphatic heterocycles. The molecule has 0 unspecified atom stereocenters. The van der Waals surface area contributed by atoms with Crippen LogP contribution in [0.1, 0.15) is 10.4 Å². The van der Waals surface area contributed by atoms with E-state index in [0.717, 1.165) is 0 Å². The predicted octanol–water partition coefficient (Wildman–Crippen LogP) is 1.59. The highest BCUT2D eigenvalue weighted by Crippen LogP contribution is 2.22. The van der Waals surface area contributed by atoms with Gasteiger partial charge in [0.2, 0.25) is 10.0 Å². The van der Waals surface area contributed by atoms with Crippen molar-refractivity contribution < 1.29 is 13.2 Å². The number of primary sulfonamides is 1. The third-order valence-electron chi connectivity index (χ3n) is 2.44. The molecule has 0 saturated heterocycles. The SMILES string of the molecule is NS(=O)(=O)c1ccc(NC(=O)c2cccnc2)c(I)c1. The Kier molecular flexibility index (Phi) is 4.35. The van der Waals surface area contributed by atoms with Crippen LogP contribution in [0.2, 0.25) is 0 Å². The summed E-state index contributed by atoms with van der Waals surface area (Å²) in [6, 6.07) is 7.53. The number of benzene rings is 1. The van der Waals surface area contributed by atoms with Crippen LogP contribution in [0.25, 0.3) is 0 Å². The second kappa shape index (κ2) is 5.85. The van der Waals surface area contributed by atoms with Crippen LogP contribution in [0.3, 0.4) is 0 Å². The molecule has 20 heavy (non-hydrogen) atoms. The molecular weight excluding hydrogens is 393 g/mol. The molecule has 1 amide bonds. The van der Waals surface area contributed by atoms with Crippen molar-refractivity contribution in [1.82, 2.24) is 4.98 Å². The van der Waals surface area contributed by atoms with Gasteiger partial charge < -0.3 is 5.32 Å². The topological polar surface area (TPSA) is 102 Å². The Bertz CT molecular complexity index is 748. The highest BCUT2D eigenvalue weighted by molar-refractivity contribution is 14.1. The Morgan fingerprint density at radius 3 is 2.60 bits per heavy atom. The van der Waals surface area contributed by atoms with Crippen LogP contribution in [-0.2, 0) is 10.0 Å². The fraction of sp³-hybridized carbons (Fsp3) is 0. The Hall–Kier alpha value is -1.52. The van der Waals surface area contributed by atoms with Crippen molar-refractivity contribution in [3.63, 3.8) is 0 Å². The number of hydrogen-bond acceptors (Lipinski definition) is 4. The average molecular weight is 403 g/mol. The van der Waals surface area contributed by atoms with Crippen LogP contribution in [0.5, 0.6) is 0 Å². The van der Waals surface area contributed by atoms with Crippen molar-refractivity contribution in [3.8, 4) is 0 Å². The van der Waals surface area contributed by atoms with E-state index in [1.807, 2.05) is 22.6 Å². The molecule has 1 heterocycles. The zero-order chi connectivity index (χ0) is 14.8. The first kappa shape index (κ1) is 14.9. The second-order valence-corrected chi connectivity index (χ2v) is 6.61. The molecule has 2 rings (SSSR count). The largest absolute Gasteiger partial charge is 0.321 e. The molecule has 1 aromatic heterocycles. The van der Waals surface area contributed by atoms with Gasteiger partial charge in [0.1, 0.15) is 0 Å². The normalized spacial score (nSPS) is 11.1. The number of aromatic nitrogens is 1. The lowest BCUT2D eigenvalue weighted by Crippen LogP contribution is -2.15. The summed E-state index contributed by atoms with van der Waals surface area (Å²) in [6.45, 7) is 0. The Morgan fingerprint density at radius 1 is 1.30 bits per heavy atom. The number of halogens is 1. The van der Waals surface area contributed by atoms with E-state index < -0.39 is 10.0 Å². The zero-order valence-electron chi connectivity index (χ0n) is 10.1. The van der Waals surface area contributed by atoms with Crippen LogP contribution >= 0.6 is 22.6 Å². The third kappa shape index (κ3) is 3.52. The Balaban J connectivity index is 2.25. The Labute approximate surface area is 129 Å². The number of hydrogen-bond donors (Lipinski definition) is 2. The number of rotatable bonds is 3. The van der Waals surface area contributed by atoms with E-state index in [1.165, 1.54) is 24.4 Å². The highest BCUT2D eigenvalue weighted by Gasteiger charge is 2.12. The fourth-order valence-corrected chi connectivity index (χ4v) is 2.87. The molecule has 0 spiro atoms. The van der Waals surface area contributed by atoms with Gasteiger partial charge >= 0.3 is 0 Å². The number of amides is 1. The maximum absolute atomic E-state index is 12.0. The number of carbonyl (C=O) groups is 1. The van der Waals surface area contributed by atoms with Crippen molar-refractivity contribution >= 4 is 44.2 Å². The summed E-state index contributed by atoms with van der Waals surface area (Å²) in [7, 11) is -3.75. The van der Waals surface area contributed by atoms with E-state index in [4.69, 9.17) is 5.14 Å². The van der Waals surface area contributed by atoms with Gasteiger partial charge in [0, 0.05) is 16.0 Å². The number of nitrogens with two attached hydrogens (primary N) is 1. The molecule has 0 radical (unpaired) electrons. The number of sulfonamides is 1. The molecule has 2 aromatic rings. The van der Waals surface area contributed by atoms with E-state index in [0.29, 0.717) is 14.8 Å². The summed E-state index contributed by atoms with van der Waals surface area (Å²) in [5, 5.41) is 7.72. The van der Waals surface area contributed by atoms with Crippen molar-refractivity contribution in [2.45, 2.75) is 4.90 Å². The van der Waals surface area contributed by atoms with Crippen LogP contribution in [0.4, 0.5) is 5.69 Å². The lowest BCUT2D eigenvalue weighted by atomic mass is 10.2. The van der Waals surface area contributed by atoms with Gasteiger partial charge in [0.05, 0.1) is 16.1 Å². The molecule has 8 heteroatoms. The summed E-state index contributed by atoms with van der Waals surface area (Å²) < 4.78 is 23.0. The molecule has 1 aromatic carbocycles. The molecule has 104 valence electrons. The number of carbonyl (C=O) groups excluding carboxylic acids is 1. The zero-order valence-corrected chi connectivity index (χ0v) is 13.1. The van der Waals surface area contributed by atoms with E-state index in [9.17, 15) is 13.2 Å². The number of anilines is 1. The second-order valence-electron chi connectivity index (χ2n) is 3.88. The monoisotopic (exact) mass is 403 g/mol. The quantitative estimate of drug-likeness (QED) is 0.760. The maximum Gasteiger partial charge on any atom is 0.257 e. The van der Waals surface area contributed by atoms with E-state index in [1.54, 1.807) is 18.3 Å². The first-order valence-corrected chi connectivity index (χ1v) is 8.04. The maximum atomic E-state index is 12.0. The first-order chi connectivity index (χ1) is 9.38. The van der Waals surface area contributed by atoms with E-state index in [-0.39, 0.29) is 10.8 Å². The van der Waals surface area contributed by atoms with Crippen molar-refractivity contribution in [2.24, 2.45) is 5.14 Å². The summed E-state index contributed by atoms with van der Waals surface area (Å²) in [4.78, 5) is 15.8. The van der Waals surface area contributed by atoms with Gasteiger partial charge in [0.15, 0.2) is 0 Å². The highest BCUT2D eigenvalue weighted by atomic mass is 127. The number of pyridine rings is 1. The van der Waals surface area contributed by atoms with Crippen LogP contribution in [0, 0.1) is 3.57 Å². The van der Waals surface area contributed by atoms with E-state index in [2.05, 4.69) is 10.3 Å². The van der Waals surface area contributed by atoms with Crippen LogP contribution in [-0.4, -0.2) is 19.3 Å². The molecule has 6 nitrogen and oxygen atoms in total. The number of nitrogens with one attached hydrogen (secondary N) is 1. The van der Waals surface area contributed by atoms with Gasteiger partial charge in [-0.2, -0.15) is 0 Å². The molecular formula is C12H10IN3O3S. The molecule has 0 aliphatic carbocycles. The standard InChI is InChI=1S/C12H10IN3O3S/c13-10-6-9(20(14,18)19)3-4-11(10)16-12(17)8-2-1-5-15-7-8/h1-7H,(H,16,17)(H2,14,18,19). The molecule has 3 N–H and O–H groups in total. The van der Waals surface area contributed by atoms with Gasteiger partial charge in [-0.1, -0.05) is 0 Å². The van der Waals surface area contributed by atoms with Crippen LogP contribution in [0.15, 0.2) is 47.6 Å². The minimum absolute atomic E-state index is 0.00118. The van der Waals surface area contributed by atoms with Gasteiger partial charge in [-0.3, -0.25) is 9.78 Å². The number of nitrogens with zero attached hydrogens (tertiary/aromatic N) is 1. The molecule has 0 fully saturated rings. The predicted molar refractivity (Wildman–Crippen MR) is 82.7 cm³/mol. The van der Waals surface area contributed by atoms with Gasteiger partial charge in [-0.05, 0) is 52.9 Å². The molecule has 0 saturated carbocycles. The van der Waals surface area contributed by atoms with Gasteiger partial charge in [-0.15, -0.1) is 0 Å². The lowest BCUT2D eigenvalue weighted by molar-refractivity contribution is 0.102. The lowest BCUT2D eigenvalue weighted by Gasteiger charge is -2.08. The molecule has 0 atom stereocenters. The van der Waals surface area contributed by atoms with Gasteiger partial charge in [-0.25, -0.2) is 13.6 Å². The summed E-state index contributed by atoms with van der Waals surface area (Å²) in [6.07, 6.45) is 3.02. The minimum atomic E-state index is -3.75. The summed E-state index contributed by atoms with van der Waals surface area (Å²) in [5.74, 6) is -0.320. The molecule has 0 bridgehead atoms. The molecule has 0 aliphatic rings. The smallest absolute Gasteiger partial charge is 0.257 e. The Morgan fingerprint density at radius 2 is 2.05 bits per heavy atom. The van der Waals surface area contributed by atoms with Crippen molar-refractivity contribution in [2.75, 3.05) is 5.32 Å². The van der Waals surface area contributed by atoms with Gasteiger partial charge in [0.25, 0.3) is 5.91 Å². The van der Waals surface area contributed by atoms with Crippen molar-refractivity contribution in [3.05, 3.63) is 51.9 Å². The van der Waals surface area contributed by atoms with E-state index >= 15 is 0 Å². The summed E-state index contributed by atoms with van der Waals surface area (Å²) >= 11 is 1.93. The first-order valence-electron chi connectivity index (χ1n) is 5.41.